The van der Waals surface area contributed by atoms with Gasteiger partial charge in [0.2, 0.25) is 5.91 Å². The number of carbonyl (C=O) groups excluding carboxylic acids is 1. The molecule has 1 heterocycles. The van der Waals surface area contributed by atoms with Gasteiger partial charge in [-0.2, -0.15) is 0 Å². The summed E-state index contributed by atoms with van der Waals surface area (Å²) in [6.07, 6.45) is 6.76. The normalized spacial score (nSPS) is 21.3. The lowest BCUT2D eigenvalue weighted by Gasteiger charge is -2.31. The Hall–Kier alpha value is -1.01. The number of hydrogen-bond donors (Lipinski definition) is 1. The van der Waals surface area contributed by atoms with Crippen LogP contribution < -0.4 is 5.32 Å². The summed E-state index contributed by atoms with van der Waals surface area (Å²) in [6, 6.07) is 0. The zero-order chi connectivity index (χ0) is 13.5. The Kier molecular flexibility index (Phi) is 5.72. The highest BCUT2D eigenvalue weighted by Gasteiger charge is 2.26. The lowest BCUT2D eigenvalue weighted by atomic mass is 9.84. The molecule has 0 aromatic rings. The zero-order valence-corrected chi connectivity index (χ0v) is 12.1. The van der Waals surface area contributed by atoms with E-state index in [1.165, 1.54) is 19.3 Å². The quantitative estimate of drug-likeness (QED) is 0.786. The molecule has 0 atom stereocenters. The van der Waals surface area contributed by atoms with Gasteiger partial charge in [0, 0.05) is 18.9 Å². The SMILES string of the molecule is CCC#CCN1CCC(CNC(=O)C2CCC2)CC1. The summed E-state index contributed by atoms with van der Waals surface area (Å²) in [6.45, 7) is 6.13. The maximum atomic E-state index is 11.8. The molecule has 1 aliphatic heterocycles. The highest BCUT2D eigenvalue weighted by atomic mass is 16.1. The first-order valence-electron chi connectivity index (χ1n) is 7.75. The van der Waals surface area contributed by atoms with Gasteiger partial charge < -0.3 is 5.32 Å². The molecule has 1 saturated heterocycles. The Bertz CT molecular complexity index is 343. The van der Waals surface area contributed by atoms with Crippen LogP contribution in [0.2, 0.25) is 0 Å². The number of nitrogens with zero attached hydrogens (tertiary/aromatic N) is 1. The molecule has 1 saturated carbocycles. The molecule has 106 valence electrons. The fourth-order valence-electron chi connectivity index (χ4n) is 2.70. The van der Waals surface area contributed by atoms with E-state index in [0.29, 0.717) is 17.7 Å². The molecule has 2 aliphatic rings. The number of carbonyl (C=O) groups is 1. The summed E-state index contributed by atoms with van der Waals surface area (Å²) in [5.41, 5.74) is 0. The molecule has 0 aromatic heterocycles. The summed E-state index contributed by atoms with van der Waals surface area (Å²) < 4.78 is 0. The Morgan fingerprint density at radius 3 is 2.53 bits per heavy atom. The summed E-state index contributed by atoms with van der Waals surface area (Å²) in [5, 5.41) is 3.14. The molecular formula is C16H26N2O. The van der Waals surface area contributed by atoms with E-state index >= 15 is 0 Å². The van der Waals surface area contributed by atoms with Gasteiger partial charge in [0.1, 0.15) is 0 Å². The molecule has 0 bridgehead atoms. The molecule has 0 aromatic carbocycles. The predicted molar refractivity (Wildman–Crippen MR) is 77.6 cm³/mol. The number of likely N-dealkylation sites (tertiary alicyclic amines) is 1. The minimum Gasteiger partial charge on any atom is -0.356 e. The molecule has 1 N–H and O–H groups in total. The van der Waals surface area contributed by atoms with Crippen LogP contribution in [0, 0.1) is 23.7 Å². The highest BCUT2D eigenvalue weighted by Crippen LogP contribution is 2.26. The molecule has 19 heavy (non-hydrogen) atoms. The van der Waals surface area contributed by atoms with Crippen molar-refractivity contribution in [2.45, 2.75) is 45.4 Å². The third-order valence-corrected chi connectivity index (χ3v) is 4.35. The number of amides is 1. The van der Waals surface area contributed by atoms with E-state index in [0.717, 1.165) is 45.4 Å². The first-order chi connectivity index (χ1) is 9.29. The van der Waals surface area contributed by atoms with Crippen LogP contribution in [0.5, 0.6) is 0 Å². The maximum Gasteiger partial charge on any atom is 0.223 e. The van der Waals surface area contributed by atoms with Gasteiger partial charge in [-0.05, 0) is 44.7 Å². The fourth-order valence-corrected chi connectivity index (χ4v) is 2.70. The van der Waals surface area contributed by atoms with Crippen LogP contribution in [-0.4, -0.2) is 37.0 Å². The molecule has 0 unspecified atom stereocenters. The molecule has 0 radical (unpaired) electrons. The van der Waals surface area contributed by atoms with E-state index in [-0.39, 0.29) is 0 Å². The fraction of sp³-hybridized carbons (Fsp3) is 0.812. The summed E-state index contributed by atoms with van der Waals surface area (Å²) in [5.74, 6) is 7.61. The molecule has 0 spiro atoms. The van der Waals surface area contributed by atoms with Crippen molar-refractivity contribution in [1.82, 2.24) is 10.2 Å². The molecule has 1 aliphatic carbocycles. The van der Waals surface area contributed by atoms with E-state index in [9.17, 15) is 4.79 Å². The number of rotatable bonds is 4. The van der Waals surface area contributed by atoms with Crippen molar-refractivity contribution in [1.29, 1.82) is 0 Å². The monoisotopic (exact) mass is 262 g/mol. The summed E-state index contributed by atoms with van der Waals surface area (Å²) in [7, 11) is 0. The third-order valence-electron chi connectivity index (χ3n) is 4.35. The second kappa shape index (κ2) is 7.55. The third kappa shape index (κ3) is 4.54. The van der Waals surface area contributed by atoms with Crippen LogP contribution in [0.3, 0.4) is 0 Å². The van der Waals surface area contributed by atoms with Crippen LogP contribution in [-0.2, 0) is 4.79 Å². The Morgan fingerprint density at radius 1 is 1.21 bits per heavy atom. The first-order valence-corrected chi connectivity index (χ1v) is 7.75. The van der Waals surface area contributed by atoms with Gasteiger partial charge in [0.15, 0.2) is 0 Å². The minimum absolute atomic E-state index is 0.294. The van der Waals surface area contributed by atoms with Crippen LogP contribution in [0.25, 0.3) is 0 Å². The first kappa shape index (κ1) is 14.4. The average Bonchev–Trinajstić information content (AvgIpc) is 2.36. The Balaban J connectivity index is 1.59. The maximum absolute atomic E-state index is 11.8. The Morgan fingerprint density at radius 2 is 1.95 bits per heavy atom. The van der Waals surface area contributed by atoms with Crippen molar-refractivity contribution in [2.75, 3.05) is 26.2 Å². The molecule has 1 amide bonds. The van der Waals surface area contributed by atoms with Crippen LogP contribution in [0.15, 0.2) is 0 Å². The summed E-state index contributed by atoms with van der Waals surface area (Å²) >= 11 is 0. The standard InChI is InChI=1S/C16H26N2O/c1-2-3-4-10-18-11-8-14(9-12-18)13-17-16(19)15-6-5-7-15/h14-15H,2,5-13H2,1H3,(H,17,19). The minimum atomic E-state index is 0.294. The smallest absolute Gasteiger partial charge is 0.223 e. The van der Waals surface area contributed by atoms with Gasteiger partial charge in [0.25, 0.3) is 0 Å². The van der Waals surface area contributed by atoms with Gasteiger partial charge in [-0.3, -0.25) is 9.69 Å². The van der Waals surface area contributed by atoms with E-state index in [1.54, 1.807) is 0 Å². The Labute approximate surface area is 117 Å². The topological polar surface area (TPSA) is 32.3 Å². The molecule has 2 fully saturated rings. The van der Waals surface area contributed by atoms with E-state index in [2.05, 4.69) is 29.0 Å². The van der Waals surface area contributed by atoms with Crippen molar-refractivity contribution in [3.63, 3.8) is 0 Å². The number of piperidine rings is 1. The second-order valence-electron chi connectivity index (χ2n) is 5.80. The molecule has 2 rings (SSSR count). The van der Waals surface area contributed by atoms with Crippen LogP contribution in [0.1, 0.15) is 45.4 Å². The largest absolute Gasteiger partial charge is 0.356 e. The predicted octanol–water partition coefficient (Wildman–Crippen LogP) is 2.03. The van der Waals surface area contributed by atoms with Crippen molar-refractivity contribution < 1.29 is 4.79 Å². The van der Waals surface area contributed by atoms with E-state index in [1.807, 2.05) is 0 Å². The van der Waals surface area contributed by atoms with Crippen molar-refractivity contribution in [3.05, 3.63) is 0 Å². The van der Waals surface area contributed by atoms with Crippen molar-refractivity contribution in [2.24, 2.45) is 11.8 Å². The number of hydrogen-bond acceptors (Lipinski definition) is 2. The van der Waals surface area contributed by atoms with Gasteiger partial charge in [-0.25, -0.2) is 0 Å². The lowest BCUT2D eigenvalue weighted by molar-refractivity contribution is -0.127. The van der Waals surface area contributed by atoms with Crippen LogP contribution in [0.4, 0.5) is 0 Å². The number of nitrogens with one attached hydrogen (secondary N) is 1. The zero-order valence-electron chi connectivity index (χ0n) is 12.1. The van der Waals surface area contributed by atoms with Gasteiger partial charge in [-0.15, -0.1) is 5.92 Å². The van der Waals surface area contributed by atoms with Gasteiger partial charge >= 0.3 is 0 Å². The molecule has 3 heteroatoms. The highest BCUT2D eigenvalue weighted by molar-refractivity contribution is 5.79. The van der Waals surface area contributed by atoms with E-state index < -0.39 is 0 Å². The van der Waals surface area contributed by atoms with Gasteiger partial charge in [-0.1, -0.05) is 19.3 Å². The van der Waals surface area contributed by atoms with Crippen molar-refractivity contribution >= 4 is 5.91 Å². The second-order valence-corrected chi connectivity index (χ2v) is 5.80. The molecule has 3 nitrogen and oxygen atoms in total. The summed E-state index contributed by atoms with van der Waals surface area (Å²) in [4.78, 5) is 14.2. The molecular weight excluding hydrogens is 236 g/mol. The average molecular weight is 262 g/mol. The van der Waals surface area contributed by atoms with E-state index in [4.69, 9.17) is 0 Å². The van der Waals surface area contributed by atoms with Gasteiger partial charge in [0.05, 0.1) is 6.54 Å². The van der Waals surface area contributed by atoms with Crippen molar-refractivity contribution in [3.8, 4) is 11.8 Å². The lowest BCUT2D eigenvalue weighted by Crippen LogP contribution is -2.41. The van der Waals surface area contributed by atoms with Crippen LogP contribution >= 0.6 is 0 Å².